The number of Topliss-reactive ketones (excluding diaryl/α,β-unsaturated/α-hetero) is 1. The highest BCUT2D eigenvalue weighted by Gasteiger charge is 2.48. The Hall–Kier alpha value is -5.06. The third kappa shape index (κ3) is 26.3. The van der Waals surface area contributed by atoms with Gasteiger partial charge in [-0.25, -0.2) is 0 Å². The molecule has 0 bridgehead atoms. The Bertz CT molecular complexity index is 2010. The number of nitrogens with zero attached hydrogens (tertiary/aromatic N) is 3. The summed E-state index contributed by atoms with van der Waals surface area (Å²) >= 11 is 0. The van der Waals surface area contributed by atoms with E-state index in [4.69, 9.17) is 38.7 Å². The molecule has 2 amide bonds. The zero-order chi connectivity index (χ0) is 55.2. The number of unbranched alkanes of at least 4 members (excludes halogenated alkanes) is 4. The minimum Gasteiger partial charge on any atom is -0.492 e. The molecule has 4 unspecified atom stereocenters. The van der Waals surface area contributed by atoms with E-state index in [9.17, 15) is 39.9 Å². The van der Waals surface area contributed by atoms with Crippen molar-refractivity contribution in [2.75, 3.05) is 53.7 Å². The number of carbonyl (C=O) groups excluding carboxylic acids is 3. The number of ketones is 1. The zero-order valence-electron chi connectivity index (χ0n) is 44.6. The van der Waals surface area contributed by atoms with E-state index in [2.05, 4.69) is 94.4 Å². The van der Waals surface area contributed by atoms with Gasteiger partial charge in [-0.2, -0.15) is 0 Å². The van der Waals surface area contributed by atoms with Gasteiger partial charge in [0.05, 0.1) is 25.8 Å². The monoisotopic (exact) mass is 1070 g/mol. The molecule has 0 aliphatic carbocycles. The summed E-state index contributed by atoms with van der Waals surface area (Å²) in [5.41, 5.74) is 9.23. The quantitative estimate of drug-likeness (QED) is 0.0134. The van der Waals surface area contributed by atoms with Crippen LogP contribution in [-0.4, -0.2) is 164 Å². The molecule has 20 heteroatoms. The smallest absolute Gasteiger partial charge is 0.246 e. The molecule has 2 heterocycles. The Morgan fingerprint density at radius 3 is 1.89 bits per heavy atom. The Morgan fingerprint density at radius 2 is 1.28 bits per heavy atom. The predicted molar refractivity (Wildman–Crippen MR) is 287 cm³/mol. The van der Waals surface area contributed by atoms with Gasteiger partial charge in [0, 0.05) is 38.5 Å². The lowest BCUT2D eigenvalue weighted by Gasteiger charge is -2.43. The number of amides is 2. The molecule has 7 N–H and O–H groups in total. The third-order valence-electron chi connectivity index (χ3n) is 12.4. The average molecular weight is 1070 g/mol. The van der Waals surface area contributed by atoms with Gasteiger partial charge in [-0.1, -0.05) is 116 Å². The molecule has 0 radical (unpaired) electrons. The fourth-order valence-corrected chi connectivity index (χ4v) is 8.12. The summed E-state index contributed by atoms with van der Waals surface area (Å²) in [4.78, 5) is 42.3. The molecule has 2 aliphatic heterocycles. The first-order chi connectivity index (χ1) is 36.9. The van der Waals surface area contributed by atoms with E-state index in [-0.39, 0.29) is 37.7 Å². The Morgan fingerprint density at radius 1 is 0.684 bits per heavy atom. The second kappa shape index (κ2) is 40.2. The molecule has 3 rings (SSSR count). The van der Waals surface area contributed by atoms with Crippen LogP contribution >= 0.6 is 0 Å². The minimum absolute atomic E-state index is 0.0750. The van der Waals surface area contributed by atoms with Crippen molar-refractivity contribution in [3.63, 3.8) is 0 Å². The van der Waals surface area contributed by atoms with Crippen LogP contribution in [-0.2, 0) is 49.2 Å². The normalized spacial score (nSPS) is 24.5. The topological polar surface area (TPSA) is 290 Å². The van der Waals surface area contributed by atoms with Gasteiger partial charge in [0.15, 0.2) is 18.4 Å². The summed E-state index contributed by atoms with van der Waals surface area (Å²) in [7, 11) is 2.62. The lowest BCUT2D eigenvalue weighted by molar-refractivity contribution is -0.331. The largest absolute Gasteiger partial charge is 0.492 e. The summed E-state index contributed by atoms with van der Waals surface area (Å²) < 4.78 is 38.8. The van der Waals surface area contributed by atoms with E-state index in [1.165, 1.54) is 14.2 Å². The van der Waals surface area contributed by atoms with Crippen molar-refractivity contribution in [1.82, 2.24) is 10.6 Å². The lowest BCUT2D eigenvalue weighted by atomic mass is 9.98. The van der Waals surface area contributed by atoms with E-state index in [1.54, 1.807) is 24.3 Å². The number of nitrogens with one attached hydrogen (secondary N) is 2. The number of benzene rings is 1. The highest BCUT2D eigenvalue weighted by Crippen LogP contribution is 2.27. The van der Waals surface area contributed by atoms with Crippen molar-refractivity contribution >= 4 is 17.6 Å². The molecule has 0 spiro atoms. The number of hydrogen-bond donors (Lipinski definition) is 7. The number of aliphatic hydroxyl groups excluding tert-OH is 5. The van der Waals surface area contributed by atoms with Crippen molar-refractivity contribution in [1.29, 1.82) is 0 Å². The standard InChI is InChI=1S/C56H85N5O15/c1-4-5-6-7-8-9-10-11-12-13-14-15-16-17-18-19-20-23-26-29-47(63)58-35-36-72-42-32-30-41(31-33-42)37-43(44(62)28-25-22-21-24-27-34-59-61-57)60-48(64)40-73-54-50(66)46(75-55(71-3)53(54)69)39-74-56-52(68)51(67)49(65)45(76-56)38-70-2/h5-6,8-9,11-12,14-15,17-18,20,23,30-33,43,45-46,49-56,65-69H,4,7,10,13,16,19,21-22,24-29,34-40H2,1-3H3,(H,58,63)(H,60,64)/b6-5-,9-8-,12-11-,15-14-,18-17-,23-20-/t43-,45?,46?,49+,50+,51-,52?,53?,54-,55-,56+/m0/s1. The maximum absolute atomic E-state index is 13.7. The van der Waals surface area contributed by atoms with Gasteiger partial charge in [0.1, 0.15) is 67.8 Å². The van der Waals surface area contributed by atoms with Crippen LogP contribution in [0.15, 0.2) is 102 Å². The van der Waals surface area contributed by atoms with Crippen LogP contribution in [0, 0.1) is 0 Å². The molecule has 2 fully saturated rings. The van der Waals surface area contributed by atoms with Crippen molar-refractivity contribution in [2.24, 2.45) is 5.11 Å². The van der Waals surface area contributed by atoms with Crippen molar-refractivity contribution in [3.8, 4) is 5.75 Å². The van der Waals surface area contributed by atoms with Gasteiger partial charge in [-0.15, -0.1) is 0 Å². The van der Waals surface area contributed by atoms with Crippen molar-refractivity contribution < 1.29 is 73.1 Å². The number of carbonyl (C=O) groups is 3. The Balaban J connectivity index is 1.45. The first-order valence-corrected chi connectivity index (χ1v) is 26.6. The summed E-state index contributed by atoms with van der Waals surface area (Å²) in [6.45, 7) is 1.86. The van der Waals surface area contributed by atoms with Crippen molar-refractivity contribution in [2.45, 2.75) is 171 Å². The van der Waals surface area contributed by atoms with Crippen LogP contribution in [0.4, 0.5) is 0 Å². The number of ether oxygens (including phenoxy) is 7. The summed E-state index contributed by atoms with van der Waals surface area (Å²) in [5.74, 6) is -0.426. The van der Waals surface area contributed by atoms with Gasteiger partial charge < -0.3 is 69.3 Å². The van der Waals surface area contributed by atoms with Gasteiger partial charge in [-0.3, -0.25) is 14.4 Å². The van der Waals surface area contributed by atoms with Crippen LogP contribution in [0.2, 0.25) is 0 Å². The van der Waals surface area contributed by atoms with Gasteiger partial charge >= 0.3 is 0 Å². The maximum atomic E-state index is 13.7. The van der Waals surface area contributed by atoms with E-state index in [0.717, 1.165) is 69.8 Å². The average Bonchev–Trinajstić information content (AvgIpc) is 3.42. The molecule has 2 aliphatic rings. The number of rotatable bonds is 39. The number of allylic oxidation sites excluding steroid dienone is 12. The molecule has 11 atom stereocenters. The SMILES string of the molecule is CC/C=C\C/C=C\C/C=C\C/C=C\C/C=C\C/C=C\CCC(=O)NCCOc1ccc(C[C@H](NC(=O)CO[C@@H]2C(O)[C@@H](OC)OC(CO[C@@H]3OC(COC)[C@@H](O)[C@H](O)C3O)[C@H]2O)C(=O)CCCCCCCN=[N+]=[N-])cc1. The molecule has 0 aromatic heterocycles. The van der Waals surface area contributed by atoms with Gasteiger partial charge in [0.2, 0.25) is 11.8 Å². The summed E-state index contributed by atoms with van der Waals surface area (Å²) in [5, 5.41) is 62.5. The molecule has 1 aromatic rings. The van der Waals surface area contributed by atoms with Crippen LogP contribution in [0.1, 0.15) is 102 Å². The molecule has 76 heavy (non-hydrogen) atoms. The maximum Gasteiger partial charge on any atom is 0.246 e. The second-order valence-corrected chi connectivity index (χ2v) is 18.4. The fraction of sp³-hybridized carbons (Fsp3) is 0.625. The highest BCUT2D eigenvalue weighted by atomic mass is 16.7. The van der Waals surface area contributed by atoms with Crippen LogP contribution < -0.4 is 15.4 Å². The predicted octanol–water partition coefficient (Wildman–Crippen LogP) is 5.86. The first-order valence-electron chi connectivity index (χ1n) is 26.6. The lowest BCUT2D eigenvalue weighted by Crippen LogP contribution is -2.62. The van der Waals surface area contributed by atoms with E-state index < -0.39 is 86.6 Å². The van der Waals surface area contributed by atoms with Gasteiger partial charge in [0.25, 0.3) is 0 Å². The number of methoxy groups -OCH3 is 2. The van der Waals surface area contributed by atoms with E-state index in [1.807, 2.05) is 6.08 Å². The molecule has 1 aromatic carbocycles. The molecular formula is C56H85N5O15. The summed E-state index contributed by atoms with van der Waals surface area (Å²) in [6.07, 6.45) is 22.0. The Labute approximate surface area is 448 Å². The van der Waals surface area contributed by atoms with Crippen LogP contribution in [0.25, 0.3) is 10.4 Å². The number of azide groups is 1. The van der Waals surface area contributed by atoms with E-state index in [0.29, 0.717) is 38.1 Å². The number of hydrogen-bond acceptors (Lipinski definition) is 16. The van der Waals surface area contributed by atoms with Crippen LogP contribution in [0.5, 0.6) is 5.75 Å². The third-order valence-corrected chi connectivity index (χ3v) is 12.4. The molecule has 424 valence electrons. The summed E-state index contributed by atoms with van der Waals surface area (Å²) in [6, 6.07) is 6.10. The van der Waals surface area contributed by atoms with E-state index >= 15 is 0 Å². The van der Waals surface area contributed by atoms with Gasteiger partial charge in [-0.05, 0) is 87.4 Å². The minimum atomic E-state index is -1.66. The fourth-order valence-electron chi connectivity index (χ4n) is 8.12. The zero-order valence-corrected chi connectivity index (χ0v) is 44.6. The van der Waals surface area contributed by atoms with Crippen LogP contribution in [0.3, 0.4) is 0 Å². The highest BCUT2D eigenvalue weighted by molar-refractivity contribution is 5.89. The second-order valence-electron chi connectivity index (χ2n) is 18.4. The molecule has 2 saturated heterocycles. The molecular weight excluding hydrogens is 983 g/mol. The Kier molecular flexibility index (Phi) is 34.5. The molecule has 0 saturated carbocycles. The van der Waals surface area contributed by atoms with Crippen molar-refractivity contribution in [3.05, 3.63) is 113 Å². The molecule has 20 nitrogen and oxygen atoms in total. The first kappa shape index (κ1) is 65.2. The number of aliphatic hydroxyl groups is 5.